The summed E-state index contributed by atoms with van der Waals surface area (Å²) in [6, 6.07) is 3.61. The zero-order valence-electron chi connectivity index (χ0n) is 13.4. The van der Waals surface area contributed by atoms with Gasteiger partial charge in [0.15, 0.2) is 11.6 Å². The summed E-state index contributed by atoms with van der Waals surface area (Å²) in [4.78, 5) is 12.7. The van der Waals surface area contributed by atoms with Crippen LogP contribution < -0.4 is 10.1 Å². The Hall–Kier alpha value is -2.15. The molecule has 2 heterocycles. The third-order valence-electron chi connectivity index (χ3n) is 3.36. The molecular formula is C15H20N4O2S. The maximum absolute atomic E-state index is 12.3. The molecule has 1 N–H and O–H groups in total. The first kappa shape index (κ1) is 16.2. The maximum Gasteiger partial charge on any atom is 0.182 e. The van der Waals surface area contributed by atoms with Crippen molar-refractivity contribution in [2.45, 2.75) is 25.8 Å². The summed E-state index contributed by atoms with van der Waals surface area (Å²) >= 11 is 0. The Morgan fingerprint density at radius 2 is 1.95 bits per heavy atom. The minimum atomic E-state index is -2.19. The van der Waals surface area contributed by atoms with E-state index >= 15 is 0 Å². The lowest BCUT2D eigenvalue weighted by atomic mass is 10.3. The Morgan fingerprint density at radius 3 is 2.55 bits per heavy atom. The van der Waals surface area contributed by atoms with Gasteiger partial charge >= 0.3 is 0 Å². The Kier molecular flexibility index (Phi) is 4.65. The van der Waals surface area contributed by atoms with E-state index in [1.54, 1.807) is 31.7 Å². The van der Waals surface area contributed by atoms with E-state index in [4.69, 9.17) is 4.74 Å². The molecule has 0 saturated carbocycles. The van der Waals surface area contributed by atoms with Crippen molar-refractivity contribution in [1.82, 2.24) is 15.0 Å². The molecule has 0 amide bonds. The summed E-state index contributed by atoms with van der Waals surface area (Å²) in [6.07, 6.45) is 3.15. The van der Waals surface area contributed by atoms with Crippen LogP contribution in [0, 0.1) is 13.8 Å². The van der Waals surface area contributed by atoms with Crippen molar-refractivity contribution in [3.8, 4) is 5.75 Å². The number of hydrogen-bond donors (Lipinski definition) is 1. The summed E-state index contributed by atoms with van der Waals surface area (Å²) < 4.78 is 17.7. The van der Waals surface area contributed by atoms with Gasteiger partial charge < -0.3 is 10.1 Å². The predicted molar refractivity (Wildman–Crippen MR) is 89.6 cm³/mol. The molecule has 2 aromatic rings. The van der Waals surface area contributed by atoms with Crippen LogP contribution in [0.3, 0.4) is 0 Å². The van der Waals surface area contributed by atoms with E-state index in [2.05, 4.69) is 20.3 Å². The number of nitrogens with one attached hydrogen (secondary N) is 1. The number of methoxy groups -OCH3 is 1. The Bertz CT molecular complexity index is 811. The van der Waals surface area contributed by atoms with E-state index in [9.17, 15) is 4.21 Å². The molecular weight excluding hydrogens is 300 g/mol. The molecule has 0 radical (unpaired) electrons. The first-order valence-electron chi connectivity index (χ1n) is 6.78. The van der Waals surface area contributed by atoms with Gasteiger partial charge in [0.25, 0.3) is 0 Å². The van der Waals surface area contributed by atoms with E-state index in [1.165, 1.54) is 6.33 Å². The van der Waals surface area contributed by atoms with Crippen LogP contribution in [0.4, 0.5) is 11.5 Å². The summed E-state index contributed by atoms with van der Waals surface area (Å²) in [5.74, 6) is 1.17. The molecule has 1 atom stereocenters. The fourth-order valence-corrected chi connectivity index (χ4v) is 2.84. The van der Waals surface area contributed by atoms with Gasteiger partial charge in [0.2, 0.25) is 0 Å². The van der Waals surface area contributed by atoms with Crippen molar-refractivity contribution in [3.63, 3.8) is 0 Å². The topological polar surface area (TPSA) is 77.0 Å². The minimum Gasteiger partial charge on any atom is -0.491 e. The quantitative estimate of drug-likeness (QED) is 0.871. The molecule has 22 heavy (non-hydrogen) atoms. The average molecular weight is 320 g/mol. The molecule has 2 rings (SSSR count). The molecule has 0 aromatic carbocycles. The summed E-state index contributed by atoms with van der Waals surface area (Å²) in [5, 5.41) is 5.44. The molecule has 0 aliphatic carbocycles. The lowest BCUT2D eigenvalue weighted by Gasteiger charge is -2.13. The van der Waals surface area contributed by atoms with E-state index in [1.807, 2.05) is 19.9 Å². The van der Waals surface area contributed by atoms with Crippen LogP contribution in [0.5, 0.6) is 5.75 Å². The first-order valence-corrected chi connectivity index (χ1v) is 8.81. The number of aryl methyl sites for hydroxylation is 2. The van der Waals surface area contributed by atoms with Gasteiger partial charge in [0, 0.05) is 15.8 Å². The molecule has 1 unspecified atom stereocenters. The largest absolute Gasteiger partial charge is 0.491 e. The van der Waals surface area contributed by atoms with Gasteiger partial charge in [-0.05, 0) is 38.3 Å². The van der Waals surface area contributed by atoms with Gasteiger partial charge in [-0.1, -0.05) is 0 Å². The number of rotatable bonds is 4. The molecule has 0 aliphatic heterocycles. The Labute approximate surface area is 131 Å². The van der Waals surface area contributed by atoms with Crippen LogP contribution in [0.1, 0.15) is 18.3 Å². The third-order valence-corrected chi connectivity index (χ3v) is 5.32. The van der Waals surface area contributed by atoms with Crippen molar-refractivity contribution in [3.05, 3.63) is 29.8 Å². The lowest BCUT2D eigenvalue weighted by Crippen LogP contribution is -2.07. The highest BCUT2D eigenvalue weighted by Crippen LogP contribution is 2.28. The molecule has 118 valence electrons. The van der Waals surface area contributed by atoms with Crippen LogP contribution in [0.15, 0.2) is 23.5 Å². The highest BCUT2D eigenvalue weighted by molar-refractivity contribution is 8.00. The smallest absolute Gasteiger partial charge is 0.182 e. The highest BCUT2D eigenvalue weighted by Gasteiger charge is 2.12. The van der Waals surface area contributed by atoms with Crippen molar-refractivity contribution in [2.75, 3.05) is 18.7 Å². The van der Waals surface area contributed by atoms with E-state index in [-0.39, 0.29) is 0 Å². The minimum absolute atomic E-state index is 0.573. The fourth-order valence-electron chi connectivity index (χ4n) is 1.94. The second-order valence-electron chi connectivity index (χ2n) is 4.89. The molecule has 0 fully saturated rings. The van der Waals surface area contributed by atoms with Gasteiger partial charge in [0.05, 0.1) is 24.2 Å². The van der Waals surface area contributed by atoms with E-state index in [0.717, 1.165) is 17.1 Å². The zero-order valence-corrected chi connectivity index (χ0v) is 14.2. The number of aromatic nitrogens is 3. The number of anilines is 2. The van der Waals surface area contributed by atoms with Gasteiger partial charge in [-0.15, -0.1) is 0 Å². The van der Waals surface area contributed by atoms with Crippen molar-refractivity contribution in [1.29, 1.82) is 0 Å². The van der Waals surface area contributed by atoms with Crippen molar-refractivity contribution in [2.24, 2.45) is 0 Å². The van der Waals surface area contributed by atoms with Crippen LogP contribution in [0.2, 0.25) is 0 Å². The van der Waals surface area contributed by atoms with Crippen molar-refractivity contribution >= 4 is 26.4 Å². The molecule has 0 spiro atoms. The average Bonchev–Trinajstić information content (AvgIpc) is 2.49. The fraction of sp³-hybridized carbons (Fsp3) is 0.333. The van der Waals surface area contributed by atoms with Gasteiger partial charge in [-0.2, -0.15) is 0 Å². The van der Waals surface area contributed by atoms with Gasteiger partial charge in [0.1, 0.15) is 11.4 Å². The number of nitrogens with zero attached hydrogens (tertiary/aromatic N) is 3. The highest BCUT2D eigenvalue weighted by atomic mass is 32.2. The summed E-state index contributed by atoms with van der Waals surface area (Å²) in [7, 11) is -0.616. The molecule has 7 heteroatoms. The maximum atomic E-state index is 12.3. The predicted octanol–water partition coefficient (Wildman–Crippen LogP) is 2.34. The SMILES string of the molecule is CC=S(C)(=O)c1ccc(Nc2ncnc(C)c2OC)c(C)n1. The molecule has 0 saturated heterocycles. The number of ether oxygens (including phenoxy) is 1. The molecule has 2 aromatic heterocycles. The normalized spacial score (nSPS) is 13.3. The van der Waals surface area contributed by atoms with Crippen LogP contribution in [-0.4, -0.2) is 37.9 Å². The lowest BCUT2D eigenvalue weighted by molar-refractivity contribution is 0.409. The Balaban J connectivity index is 2.40. The summed E-state index contributed by atoms with van der Waals surface area (Å²) in [5.41, 5.74) is 2.28. The van der Waals surface area contributed by atoms with E-state index < -0.39 is 9.52 Å². The molecule has 6 nitrogen and oxygen atoms in total. The first-order chi connectivity index (χ1) is 10.4. The van der Waals surface area contributed by atoms with E-state index in [0.29, 0.717) is 16.6 Å². The van der Waals surface area contributed by atoms with Crippen LogP contribution >= 0.6 is 0 Å². The van der Waals surface area contributed by atoms with Crippen molar-refractivity contribution < 1.29 is 8.95 Å². The van der Waals surface area contributed by atoms with Gasteiger partial charge in [-0.25, -0.2) is 15.0 Å². The second-order valence-corrected chi connectivity index (χ2v) is 7.59. The third kappa shape index (κ3) is 3.19. The molecule has 0 aliphatic rings. The summed E-state index contributed by atoms with van der Waals surface area (Å²) in [6.45, 7) is 5.49. The monoisotopic (exact) mass is 320 g/mol. The molecule has 0 bridgehead atoms. The van der Waals surface area contributed by atoms with Crippen LogP contribution in [-0.2, 0) is 9.52 Å². The van der Waals surface area contributed by atoms with Gasteiger partial charge in [-0.3, -0.25) is 4.21 Å². The second kappa shape index (κ2) is 6.31. The Morgan fingerprint density at radius 1 is 1.23 bits per heavy atom. The standard InChI is InChI=1S/C15H20N4O2S/c1-6-22(5,20)13-8-7-12(10(2)18-13)19-15-14(21-4)11(3)16-9-17-15/h6-9H,1-5H3,(H,16,17,19). The van der Waals surface area contributed by atoms with Crippen LogP contribution in [0.25, 0.3) is 0 Å². The number of hydrogen-bond acceptors (Lipinski definition) is 6. The number of pyridine rings is 1. The zero-order chi connectivity index (χ0) is 16.3.